The van der Waals surface area contributed by atoms with Crippen LogP contribution in [0.4, 0.5) is 0 Å². The molecule has 0 heterocycles. The van der Waals surface area contributed by atoms with Crippen LogP contribution in [0.3, 0.4) is 0 Å². The first kappa shape index (κ1) is 22.7. The molecule has 0 aliphatic carbocycles. The highest BCUT2D eigenvalue weighted by Gasteiger charge is 2.09. The maximum Gasteiger partial charge on any atom is 0.338 e. The third kappa shape index (κ3) is 7.46. The number of hydrogen-bond acceptors (Lipinski definition) is 6. The van der Waals surface area contributed by atoms with Crippen molar-refractivity contribution < 1.29 is 28.6 Å². The van der Waals surface area contributed by atoms with Crippen LogP contribution in [0.1, 0.15) is 34.8 Å². The number of carbonyl (C=O) groups is 3. The van der Waals surface area contributed by atoms with Crippen molar-refractivity contribution in [2.24, 2.45) is 0 Å². The summed E-state index contributed by atoms with van der Waals surface area (Å²) in [6.45, 7) is 5.59. The summed E-state index contributed by atoms with van der Waals surface area (Å²) < 4.78 is 15.8. The molecular weight excluding hydrogens is 388 g/mol. The maximum atomic E-state index is 11.8. The summed E-state index contributed by atoms with van der Waals surface area (Å²) in [4.78, 5) is 35.4. The minimum Gasteiger partial charge on any atom is -0.484 e. The summed E-state index contributed by atoms with van der Waals surface area (Å²) in [6, 6.07) is 11.9. The fraction of sp³-hybridized carbons (Fsp3) is 0.318. The quantitative estimate of drug-likeness (QED) is 0.483. The van der Waals surface area contributed by atoms with E-state index in [9.17, 15) is 14.4 Å². The standard InChI is InChI=1S/C22H26N2O6/c1-4-11-28-22(27)17-6-8-18(9-7-17)29-13-20(25)23-24-21(26)14-30-19-10-5-15(2)12-16(19)3/h5-10,12H,4,11,13-14H2,1-3H3,(H,23,25)(H,24,26). The molecule has 0 aliphatic rings. The van der Waals surface area contributed by atoms with Crippen molar-refractivity contribution in [1.82, 2.24) is 10.9 Å². The summed E-state index contributed by atoms with van der Waals surface area (Å²) in [5, 5.41) is 0. The van der Waals surface area contributed by atoms with E-state index < -0.39 is 17.8 Å². The summed E-state index contributed by atoms with van der Waals surface area (Å²) in [5.41, 5.74) is 6.93. The number of hydrogen-bond donors (Lipinski definition) is 2. The van der Waals surface area contributed by atoms with Crippen LogP contribution in [0.5, 0.6) is 11.5 Å². The van der Waals surface area contributed by atoms with E-state index in [1.165, 1.54) is 0 Å². The van der Waals surface area contributed by atoms with Gasteiger partial charge in [-0.3, -0.25) is 20.4 Å². The summed E-state index contributed by atoms with van der Waals surface area (Å²) >= 11 is 0. The molecule has 0 radical (unpaired) electrons. The van der Waals surface area contributed by atoms with Crippen LogP contribution in [0.25, 0.3) is 0 Å². The Bertz CT molecular complexity index is 880. The van der Waals surface area contributed by atoms with Gasteiger partial charge in [-0.1, -0.05) is 24.6 Å². The van der Waals surface area contributed by atoms with Gasteiger partial charge in [0.15, 0.2) is 13.2 Å². The maximum absolute atomic E-state index is 11.8. The van der Waals surface area contributed by atoms with Gasteiger partial charge in [-0.25, -0.2) is 4.79 Å². The number of carbonyl (C=O) groups excluding carboxylic acids is 3. The fourth-order valence-corrected chi connectivity index (χ4v) is 2.43. The Morgan fingerprint density at radius 3 is 2.10 bits per heavy atom. The van der Waals surface area contributed by atoms with E-state index in [1.54, 1.807) is 30.3 Å². The summed E-state index contributed by atoms with van der Waals surface area (Å²) in [6.07, 6.45) is 0.746. The second kappa shape index (κ2) is 11.5. The van der Waals surface area contributed by atoms with E-state index in [-0.39, 0.29) is 13.2 Å². The molecule has 8 heteroatoms. The molecule has 30 heavy (non-hydrogen) atoms. The molecule has 0 saturated heterocycles. The van der Waals surface area contributed by atoms with Gasteiger partial charge < -0.3 is 14.2 Å². The van der Waals surface area contributed by atoms with Crippen molar-refractivity contribution in [2.75, 3.05) is 19.8 Å². The Kier molecular flexibility index (Phi) is 8.68. The Hall–Kier alpha value is -3.55. The van der Waals surface area contributed by atoms with Crippen LogP contribution in [0, 0.1) is 13.8 Å². The molecule has 8 nitrogen and oxygen atoms in total. The lowest BCUT2D eigenvalue weighted by Crippen LogP contribution is -2.45. The topological polar surface area (TPSA) is 103 Å². The van der Waals surface area contributed by atoms with Crippen molar-refractivity contribution >= 4 is 17.8 Å². The monoisotopic (exact) mass is 414 g/mol. The summed E-state index contributed by atoms with van der Waals surface area (Å²) in [7, 11) is 0. The van der Waals surface area contributed by atoms with Crippen LogP contribution in [0.15, 0.2) is 42.5 Å². The molecule has 0 aromatic heterocycles. The Morgan fingerprint density at radius 2 is 1.50 bits per heavy atom. The number of aryl methyl sites for hydroxylation is 2. The van der Waals surface area contributed by atoms with E-state index >= 15 is 0 Å². The number of benzene rings is 2. The van der Waals surface area contributed by atoms with Gasteiger partial charge in [-0.15, -0.1) is 0 Å². The van der Waals surface area contributed by atoms with Crippen molar-refractivity contribution in [3.63, 3.8) is 0 Å². The van der Waals surface area contributed by atoms with Gasteiger partial charge in [0.05, 0.1) is 12.2 Å². The third-order valence-electron chi connectivity index (χ3n) is 3.93. The van der Waals surface area contributed by atoms with Crippen LogP contribution in [-0.2, 0) is 14.3 Å². The van der Waals surface area contributed by atoms with Gasteiger partial charge in [0, 0.05) is 0 Å². The lowest BCUT2D eigenvalue weighted by Gasteiger charge is -2.11. The van der Waals surface area contributed by atoms with Gasteiger partial charge in [0.2, 0.25) is 0 Å². The molecule has 2 rings (SSSR count). The number of ether oxygens (including phenoxy) is 3. The van der Waals surface area contributed by atoms with E-state index in [0.29, 0.717) is 23.7 Å². The fourth-order valence-electron chi connectivity index (χ4n) is 2.43. The number of esters is 1. The number of nitrogens with one attached hydrogen (secondary N) is 2. The lowest BCUT2D eigenvalue weighted by atomic mass is 10.1. The molecule has 0 atom stereocenters. The van der Waals surface area contributed by atoms with Crippen LogP contribution < -0.4 is 20.3 Å². The Labute approximate surface area is 175 Å². The third-order valence-corrected chi connectivity index (χ3v) is 3.93. The smallest absolute Gasteiger partial charge is 0.338 e. The van der Waals surface area contributed by atoms with E-state index in [4.69, 9.17) is 14.2 Å². The molecular formula is C22H26N2O6. The Balaban J connectivity index is 1.69. The molecule has 0 unspecified atom stereocenters. The first-order valence-electron chi connectivity index (χ1n) is 9.56. The number of amides is 2. The minimum absolute atomic E-state index is 0.235. The average molecular weight is 414 g/mol. The largest absolute Gasteiger partial charge is 0.484 e. The first-order valence-corrected chi connectivity index (χ1v) is 9.56. The van der Waals surface area contributed by atoms with Crippen LogP contribution >= 0.6 is 0 Å². The van der Waals surface area contributed by atoms with Crippen LogP contribution in [-0.4, -0.2) is 37.6 Å². The average Bonchev–Trinajstić information content (AvgIpc) is 2.74. The van der Waals surface area contributed by atoms with Gasteiger partial charge in [-0.05, 0) is 56.2 Å². The predicted molar refractivity (Wildman–Crippen MR) is 110 cm³/mol. The molecule has 0 fully saturated rings. The van der Waals surface area contributed by atoms with Gasteiger partial charge in [0.1, 0.15) is 11.5 Å². The van der Waals surface area contributed by atoms with E-state index in [0.717, 1.165) is 17.5 Å². The molecule has 2 N–H and O–H groups in total. The number of rotatable bonds is 9. The molecule has 160 valence electrons. The summed E-state index contributed by atoms with van der Waals surface area (Å²) in [5.74, 6) is -0.444. The molecule has 2 aromatic rings. The molecule has 0 bridgehead atoms. The second-order valence-electron chi connectivity index (χ2n) is 6.60. The zero-order chi connectivity index (χ0) is 21.9. The molecule has 0 saturated carbocycles. The lowest BCUT2D eigenvalue weighted by molar-refractivity contribution is -0.131. The zero-order valence-corrected chi connectivity index (χ0v) is 17.3. The highest BCUT2D eigenvalue weighted by Crippen LogP contribution is 2.18. The normalized spacial score (nSPS) is 10.1. The second-order valence-corrected chi connectivity index (χ2v) is 6.60. The zero-order valence-electron chi connectivity index (χ0n) is 17.3. The van der Waals surface area contributed by atoms with E-state index in [1.807, 2.05) is 32.9 Å². The van der Waals surface area contributed by atoms with Crippen molar-refractivity contribution in [2.45, 2.75) is 27.2 Å². The van der Waals surface area contributed by atoms with Gasteiger partial charge in [-0.2, -0.15) is 0 Å². The highest BCUT2D eigenvalue weighted by atomic mass is 16.5. The SMILES string of the molecule is CCCOC(=O)c1ccc(OCC(=O)NNC(=O)COc2ccc(C)cc2C)cc1. The molecule has 0 aliphatic heterocycles. The molecule has 2 aromatic carbocycles. The van der Waals surface area contributed by atoms with E-state index in [2.05, 4.69) is 10.9 Å². The minimum atomic E-state index is -0.540. The van der Waals surface area contributed by atoms with Crippen molar-refractivity contribution in [3.05, 3.63) is 59.2 Å². The predicted octanol–water partition coefficient (Wildman–Crippen LogP) is 2.48. The molecule has 0 spiro atoms. The Morgan fingerprint density at radius 1 is 0.867 bits per heavy atom. The van der Waals surface area contributed by atoms with Crippen molar-refractivity contribution in [3.8, 4) is 11.5 Å². The highest BCUT2D eigenvalue weighted by molar-refractivity contribution is 5.89. The number of hydrazine groups is 1. The van der Waals surface area contributed by atoms with Gasteiger partial charge >= 0.3 is 5.97 Å². The van der Waals surface area contributed by atoms with Crippen LogP contribution in [0.2, 0.25) is 0 Å². The van der Waals surface area contributed by atoms with Gasteiger partial charge in [0.25, 0.3) is 11.8 Å². The van der Waals surface area contributed by atoms with Crippen molar-refractivity contribution in [1.29, 1.82) is 0 Å². The molecule has 2 amide bonds. The first-order chi connectivity index (χ1) is 14.4.